The van der Waals surface area contributed by atoms with Crippen molar-refractivity contribution in [2.45, 2.75) is 6.42 Å². The van der Waals surface area contributed by atoms with E-state index >= 15 is 0 Å². The fourth-order valence-electron chi connectivity index (χ4n) is 2.77. The molecule has 0 atom stereocenters. The van der Waals surface area contributed by atoms with E-state index in [0.29, 0.717) is 10.6 Å². The van der Waals surface area contributed by atoms with E-state index in [9.17, 15) is 14.4 Å². The SMILES string of the molecule is O=C(Cc1ccc2cccnc2c1)ON1C(=O)c2ccccc2C1=O. The van der Waals surface area contributed by atoms with Gasteiger partial charge < -0.3 is 4.84 Å². The molecule has 4 rings (SSSR count). The van der Waals surface area contributed by atoms with Gasteiger partial charge in [-0.05, 0) is 29.8 Å². The van der Waals surface area contributed by atoms with Gasteiger partial charge in [0.15, 0.2) is 0 Å². The van der Waals surface area contributed by atoms with Crippen LogP contribution in [0.25, 0.3) is 10.9 Å². The Balaban J connectivity index is 1.51. The molecule has 0 radical (unpaired) electrons. The zero-order valence-electron chi connectivity index (χ0n) is 13.0. The largest absolute Gasteiger partial charge is 0.337 e. The van der Waals surface area contributed by atoms with Crippen LogP contribution in [0.5, 0.6) is 0 Å². The first-order chi connectivity index (χ1) is 12.1. The number of carbonyl (C=O) groups excluding carboxylic acids is 3. The highest BCUT2D eigenvalue weighted by atomic mass is 16.7. The molecule has 0 fully saturated rings. The number of nitrogens with zero attached hydrogens (tertiary/aromatic N) is 2. The lowest BCUT2D eigenvalue weighted by Gasteiger charge is -2.12. The van der Waals surface area contributed by atoms with E-state index in [4.69, 9.17) is 4.84 Å². The first-order valence-electron chi connectivity index (χ1n) is 7.66. The van der Waals surface area contributed by atoms with Gasteiger partial charge in [0, 0.05) is 11.6 Å². The minimum Gasteiger partial charge on any atom is -0.329 e. The fraction of sp³-hybridized carbons (Fsp3) is 0.0526. The number of fused-ring (bicyclic) bond motifs is 2. The van der Waals surface area contributed by atoms with Gasteiger partial charge in [0.25, 0.3) is 11.8 Å². The molecule has 1 aliphatic rings. The van der Waals surface area contributed by atoms with Crippen molar-refractivity contribution in [1.29, 1.82) is 0 Å². The summed E-state index contributed by atoms with van der Waals surface area (Å²) in [4.78, 5) is 45.8. The second kappa shape index (κ2) is 5.83. The molecule has 0 aliphatic carbocycles. The van der Waals surface area contributed by atoms with Crippen LogP contribution in [0.15, 0.2) is 60.8 Å². The number of aromatic nitrogens is 1. The quantitative estimate of drug-likeness (QED) is 0.689. The number of benzene rings is 2. The Hall–Kier alpha value is -3.54. The Morgan fingerprint density at radius 2 is 1.68 bits per heavy atom. The molecule has 0 spiro atoms. The zero-order chi connectivity index (χ0) is 17.4. The van der Waals surface area contributed by atoms with Crippen molar-refractivity contribution < 1.29 is 19.2 Å². The number of carbonyl (C=O) groups is 3. The molecule has 2 amide bonds. The third kappa shape index (κ3) is 2.63. The molecule has 0 N–H and O–H groups in total. The highest BCUT2D eigenvalue weighted by Crippen LogP contribution is 2.23. The number of pyridine rings is 1. The molecule has 0 saturated heterocycles. The Labute approximate surface area is 142 Å². The fourth-order valence-corrected chi connectivity index (χ4v) is 2.77. The molecule has 1 aromatic heterocycles. The van der Waals surface area contributed by atoms with E-state index in [-0.39, 0.29) is 17.5 Å². The van der Waals surface area contributed by atoms with E-state index in [2.05, 4.69) is 4.98 Å². The van der Waals surface area contributed by atoms with Gasteiger partial charge in [0.1, 0.15) is 0 Å². The van der Waals surface area contributed by atoms with Gasteiger partial charge in [0.05, 0.1) is 23.1 Å². The number of hydrogen-bond acceptors (Lipinski definition) is 5. The highest BCUT2D eigenvalue weighted by Gasteiger charge is 2.38. The Bertz CT molecular complexity index is 994. The van der Waals surface area contributed by atoms with Gasteiger partial charge in [-0.25, -0.2) is 4.79 Å². The molecule has 25 heavy (non-hydrogen) atoms. The van der Waals surface area contributed by atoms with Crippen molar-refractivity contribution in [1.82, 2.24) is 10.0 Å². The summed E-state index contributed by atoms with van der Waals surface area (Å²) in [6.45, 7) is 0. The van der Waals surface area contributed by atoms with Crippen LogP contribution in [0.3, 0.4) is 0 Å². The van der Waals surface area contributed by atoms with Crippen LogP contribution in [-0.2, 0) is 16.1 Å². The molecule has 2 heterocycles. The van der Waals surface area contributed by atoms with Crippen molar-refractivity contribution in [3.63, 3.8) is 0 Å². The van der Waals surface area contributed by atoms with E-state index in [0.717, 1.165) is 10.9 Å². The van der Waals surface area contributed by atoms with Crippen molar-refractivity contribution in [3.8, 4) is 0 Å². The maximum Gasteiger partial charge on any atom is 0.337 e. The standard InChI is InChI=1S/C19H12N2O4/c22-17(11-12-7-8-13-4-3-9-20-16(13)10-12)25-21-18(23)14-5-1-2-6-15(14)19(21)24/h1-10H,11H2. The van der Waals surface area contributed by atoms with Crippen molar-refractivity contribution >= 4 is 28.7 Å². The van der Waals surface area contributed by atoms with Gasteiger partial charge in [-0.15, -0.1) is 0 Å². The Morgan fingerprint density at radius 3 is 2.40 bits per heavy atom. The van der Waals surface area contributed by atoms with E-state index in [1.54, 1.807) is 30.5 Å². The molecule has 6 heteroatoms. The number of hydroxylamine groups is 2. The number of imide groups is 1. The van der Waals surface area contributed by atoms with Crippen LogP contribution in [0.4, 0.5) is 0 Å². The summed E-state index contributed by atoms with van der Waals surface area (Å²) in [6.07, 6.45) is 1.60. The number of hydrogen-bond donors (Lipinski definition) is 0. The van der Waals surface area contributed by atoms with Crippen LogP contribution in [0.2, 0.25) is 0 Å². The summed E-state index contributed by atoms with van der Waals surface area (Å²) in [6, 6.07) is 15.5. The maximum absolute atomic E-state index is 12.2. The summed E-state index contributed by atoms with van der Waals surface area (Å²) in [7, 11) is 0. The third-order valence-corrected chi connectivity index (χ3v) is 3.97. The molecule has 122 valence electrons. The van der Waals surface area contributed by atoms with E-state index in [1.807, 2.05) is 18.2 Å². The van der Waals surface area contributed by atoms with Gasteiger partial charge in [-0.2, -0.15) is 0 Å². The molecule has 1 aliphatic heterocycles. The summed E-state index contributed by atoms with van der Waals surface area (Å²) >= 11 is 0. The predicted octanol–water partition coefficient (Wildman–Crippen LogP) is 2.53. The van der Waals surface area contributed by atoms with Gasteiger partial charge in [0.2, 0.25) is 0 Å². The smallest absolute Gasteiger partial charge is 0.329 e. The monoisotopic (exact) mass is 332 g/mol. The molecule has 0 saturated carbocycles. The minimum absolute atomic E-state index is 0.0695. The Kier molecular flexibility index (Phi) is 3.50. The summed E-state index contributed by atoms with van der Waals surface area (Å²) < 4.78 is 0. The van der Waals surface area contributed by atoms with E-state index in [1.165, 1.54) is 12.1 Å². The first-order valence-corrected chi connectivity index (χ1v) is 7.66. The Morgan fingerprint density at radius 1 is 0.960 bits per heavy atom. The summed E-state index contributed by atoms with van der Waals surface area (Å²) in [5, 5.41) is 1.48. The third-order valence-electron chi connectivity index (χ3n) is 3.97. The van der Waals surface area contributed by atoms with Gasteiger partial charge in [-0.1, -0.05) is 35.4 Å². The van der Waals surface area contributed by atoms with Gasteiger partial charge in [-0.3, -0.25) is 14.6 Å². The van der Waals surface area contributed by atoms with E-state index < -0.39 is 17.8 Å². The normalized spacial score (nSPS) is 13.2. The molecule has 0 bridgehead atoms. The minimum atomic E-state index is -0.690. The average Bonchev–Trinajstić information content (AvgIpc) is 2.87. The molecule has 2 aromatic carbocycles. The van der Waals surface area contributed by atoms with Crippen LogP contribution in [0, 0.1) is 0 Å². The predicted molar refractivity (Wildman–Crippen MR) is 88.5 cm³/mol. The number of rotatable bonds is 3. The van der Waals surface area contributed by atoms with Crippen LogP contribution in [0.1, 0.15) is 26.3 Å². The number of amides is 2. The zero-order valence-corrected chi connectivity index (χ0v) is 13.0. The maximum atomic E-state index is 12.2. The van der Waals surface area contributed by atoms with Crippen LogP contribution >= 0.6 is 0 Å². The van der Waals surface area contributed by atoms with Crippen molar-refractivity contribution in [2.24, 2.45) is 0 Å². The second-order valence-corrected chi connectivity index (χ2v) is 5.62. The van der Waals surface area contributed by atoms with Crippen LogP contribution in [-0.4, -0.2) is 27.8 Å². The highest BCUT2D eigenvalue weighted by molar-refractivity contribution is 6.20. The van der Waals surface area contributed by atoms with Crippen LogP contribution < -0.4 is 0 Å². The molecule has 3 aromatic rings. The lowest BCUT2D eigenvalue weighted by molar-refractivity contribution is -0.167. The second-order valence-electron chi connectivity index (χ2n) is 5.62. The van der Waals surface area contributed by atoms with Gasteiger partial charge >= 0.3 is 5.97 Å². The molecule has 6 nitrogen and oxygen atoms in total. The molecular weight excluding hydrogens is 320 g/mol. The average molecular weight is 332 g/mol. The lowest BCUT2D eigenvalue weighted by atomic mass is 10.1. The lowest BCUT2D eigenvalue weighted by Crippen LogP contribution is -2.33. The summed E-state index contributed by atoms with van der Waals surface area (Å²) in [5.74, 6) is -1.95. The topological polar surface area (TPSA) is 76.6 Å². The first kappa shape index (κ1) is 15.0. The van der Waals surface area contributed by atoms with Crippen molar-refractivity contribution in [3.05, 3.63) is 77.5 Å². The summed E-state index contributed by atoms with van der Waals surface area (Å²) in [5.41, 5.74) is 1.91. The molecular formula is C19H12N2O4. The van der Waals surface area contributed by atoms with Crippen molar-refractivity contribution in [2.75, 3.05) is 0 Å². The molecule has 0 unspecified atom stereocenters.